The van der Waals surface area contributed by atoms with Crippen LogP contribution >= 0.6 is 11.6 Å². The third-order valence-electron chi connectivity index (χ3n) is 3.60. The summed E-state index contributed by atoms with van der Waals surface area (Å²) in [6, 6.07) is 7.35. The third kappa shape index (κ3) is 2.44. The summed E-state index contributed by atoms with van der Waals surface area (Å²) in [5, 5.41) is 6.96. The van der Waals surface area contributed by atoms with Gasteiger partial charge in [-0.05, 0) is 36.1 Å². The Labute approximate surface area is 111 Å². The van der Waals surface area contributed by atoms with E-state index in [4.69, 9.17) is 16.3 Å². The van der Waals surface area contributed by atoms with Crippen LogP contribution in [0.25, 0.3) is 0 Å². The Morgan fingerprint density at radius 2 is 2.00 bits per heavy atom. The van der Waals surface area contributed by atoms with Gasteiger partial charge in [-0.3, -0.25) is 4.79 Å². The SMILES string of the molecule is O=C(COc1ccc(Cl)cc1)NC1[C@H]2CNC[C@@H]12. The Morgan fingerprint density at radius 3 is 2.67 bits per heavy atom. The van der Waals surface area contributed by atoms with E-state index in [1.165, 1.54) is 0 Å². The zero-order valence-corrected chi connectivity index (χ0v) is 10.6. The summed E-state index contributed by atoms with van der Waals surface area (Å²) in [7, 11) is 0. The van der Waals surface area contributed by atoms with Crippen LogP contribution in [-0.2, 0) is 4.79 Å². The van der Waals surface area contributed by atoms with Crippen LogP contribution in [0.1, 0.15) is 0 Å². The molecule has 0 spiro atoms. The van der Waals surface area contributed by atoms with E-state index in [9.17, 15) is 4.79 Å². The molecule has 5 heteroatoms. The average Bonchev–Trinajstić information content (AvgIpc) is 2.81. The summed E-state index contributed by atoms with van der Waals surface area (Å²) in [6.07, 6.45) is 0. The van der Waals surface area contributed by atoms with Gasteiger partial charge in [0.05, 0.1) is 0 Å². The summed E-state index contributed by atoms with van der Waals surface area (Å²) in [5.41, 5.74) is 0. The van der Waals surface area contributed by atoms with Crippen LogP contribution in [0, 0.1) is 11.8 Å². The number of carbonyl (C=O) groups excluding carboxylic acids is 1. The first-order valence-electron chi connectivity index (χ1n) is 6.12. The maximum Gasteiger partial charge on any atom is 0.258 e. The smallest absolute Gasteiger partial charge is 0.258 e. The van der Waals surface area contributed by atoms with Crippen molar-refractivity contribution < 1.29 is 9.53 Å². The molecule has 1 amide bonds. The minimum absolute atomic E-state index is 0.0515. The minimum Gasteiger partial charge on any atom is -0.484 e. The van der Waals surface area contributed by atoms with Crippen LogP contribution in [0.3, 0.4) is 0 Å². The van der Waals surface area contributed by atoms with Crippen molar-refractivity contribution in [3.8, 4) is 5.75 Å². The van der Waals surface area contributed by atoms with E-state index >= 15 is 0 Å². The van der Waals surface area contributed by atoms with Crippen LogP contribution in [0.2, 0.25) is 5.02 Å². The summed E-state index contributed by atoms with van der Waals surface area (Å²) in [6.45, 7) is 2.10. The van der Waals surface area contributed by atoms with Gasteiger partial charge in [0.1, 0.15) is 5.75 Å². The molecule has 1 saturated heterocycles. The monoisotopic (exact) mass is 266 g/mol. The number of halogens is 1. The second-order valence-electron chi connectivity index (χ2n) is 4.82. The van der Waals surface area contributed by atoms with Crippen LogP contribution in [0.4, 0.5) is 0 Å². The van der Waals surface area contributed by atoms with Crippen molar-refractivity contribution in [2.75, 3.05) is 19.7 Å². The number of benzene rings is 1. The number of nitrogens with one attached hydrogen (secondary N) is 2. The fraction of sp³-hybridized carbons (Fsp3) is 0.462. The lowest BCUT2D eigenvalue weighted by Crippen LogP contribution is -2.35. The van der Waals surface area contributed by atoms with Crippen LogP contribution in [0.5, 0.6) is 5.75 Å². The van der Waals surface area contributed by atoms with Crippen LogP contribution in [-0.4, -0.2) is 31.6 Å². The fourth-order valence-electron chi connectivity index (χ4n) is 2.54. The van der Waals surface area contributed by atoms with Gasteiger partial charge in [-0.2, -0.15) is 0 Å². The van der Waals surface area contributed by atoms with Crippen LogP contribution in [0.15, 0.2) is 24.3 Å². The van der Waals surface area contributed by atoms with Crippen molar-refractivity contribution in [3.05, 3.63) is 29.3 Å². The lowest BCUT2D eigenvalue weighted by atomic mass is 10.3. The largest absolute Gasteiger partial charge is 0.484 e. The standard InChI is InChI=1S/C13H15ClN2O2/c14-8-1-3-9(4-2-8)18-7-12(17)16-13-10-5-15-6-11(10)13/h1-4,10-11,13,15H,5-7H2,(H,16,17)/t10-,11+,13?. The van der Waals surface area contributed by atoms with Crippen molar-refractivity contribution in [1.82, 2.24) is 10.6 Å². The molecule has 1 unspecified atom stereocenters. The summed E-state index contributed by atoms with van der Waals surface area (Å²) in [5.74, 6) is 1.87. The molecule has 18 heavy (non-hydrogen) atoms. The lowest BCUT2D eigenvalue weighted by molar-refractivity contribution is -0.123. The lowest BCUT2D eigenvalue weighted by Gasteiger charge is -2.09. The van der Waals surface area contributed by atoms with Gasteiger partial charge in [0, 0.05) is 24.2 Å². The first kappa shape index (κ1) is 11.8. The van der Waals surface area contributed by atoms with E-state index in [0.717, 1.165) is 13.1 Å². The molecule has 1 heterocycles. The molecule has 1 aliphatic heterocycles. The number of amides is 1. The Morgan fingerprint density at radius 1 is 1.33 bits per heavy atom. The van der Waals surface area contributed by atoms with Gasteiger partial charge in [-0.25, -0.2) is 0 Å². The Bertz CT molecular complexity index is 439. The molecule has 96 valence electrons. The first-order valence-corrected chi connectivity index (χ1v) is 6.50. The molecule has 1 saturated carbocycles. The highest BCUT2D eigenvalue weighted by Gasteiger charge is 2.53. The maximum absolute atomic E-state index is 11.7. The Hall–Kier alpha value is -1.26. The number of hydrogen-bond acceptors (Lipinski definition) is 3. The van der Waals surface area contributed by atoms with Gasteiger partial charge < -0.3 is 15.4 Å². The third-order valence-corrected chi connectivity index (χ3v) is 3.85. The number of hydrogen-bond donors (Lipinski definition) is 2. The van der Waals surface area contributed by atoms with E-state index in [1.54, 1.807) is 24.3 Å². The van der Waals surface area contributed by atoms with Crippen molar-refractivity contribution in [1.29, 1.82) is 0 Å². The Balaban J connectivity index is 1.43. The molecule has 2 fully saturated rings. The van der Waals surface area contributed by atoms with Gasteiger partial charge in [0.2, 0.25) is 0 Å². The molecular formula is C13H15ClN2O2. The highest BCUT2D eigenvalue weighted by atomic mass is 35.5. The predicted molar refractivity (Wildman–Crippen MR) is 68.7 cm³/mol. The summed E-state index contributed by atoms with van der Waals surface area (Å²) in [4.78, 5) is 11.7. The zero-order chi connectivity index (χ0) is 12.5. The molecular weight excluding hydrogens is 252 g/mol. The van der Waals surface area contributed by atoms with Crippen molar-refractivity contribution in [2.24, 2.45) is 11.8 Å². The fourth-order valence-corrected chi connectivity index (χ4v) is 2.67. The van der Waals surface area contributed by atoms with Gasteiger partial charge in [0.25, 0.3) is 5.91 Å². The minimum atomic E-state index is -0.0515. The Kier molecular flexibility index (Phi) is 3.14. The molecule has 3 atom stereocenters. The first-order chi connectivity index (χ1) is 8.74. The summed E-state index contributed by atoms with van der Waals surface area (Å²) >= 11 is 5.77. The van der Waals surface area contributed by atoms with Crippen LogP contribution < -0.4 is 15.4 Å². The topological polar surface area (TPSA) is 50.4 Å². The molecule has 1 aromatic carbocycles. The molecule has 1 aromatic rings. The van der Waals surface area contributed by atoms with E-state index in [-0.39, 0.29) is 12.5 Å². The summed E-state index contributed by atoms with van der Waals surface area (Å²) < 4.78 is 5.39. The highest BCUT2D eigenvalue weighted by molar-refractivity contribution is 6.30. The van der Waals surface area contributed by atoms with Crippen molar-refractivity contribution >= 4 is 17.5 Å². The molecule has 3 rings (SSSR count). The number of carbonyl (C=O) groups is 1. The van der Waals surface area contributed by atoms with E-state index in [1.807, 2.05) is 0 Å². The van der Waals surface area contributed by atoms with E-state index in [0.29, 0.717) is 28.6 Å². The normalized spacial score (nSPS) is 28.6. The molecule has 1 aliphatic carbocycles. The van der Waals surface area contributed by atoms with E-state index in [2.05, 4.69) is 10.6 Å². The zero-order valence-electron chi connectivity index (χ0n) is 9.86. The number of fused-ring (bicyclic) bond motifs is 1. The van der Waals surface area contributed by atoms with Gasteiger partial charge >= 0.3 is 0 Å². The maximum atomic E-state index is 11.7. The van der Waals surface area contributed by atoms with E-state index < -0.39 is 0 Å². The van der Waals surface area contributed by atoms with Gasteiger partial charge in [-0.1, -0.05) is 11.6 Å². The number of piperidine rings is 1. The number of rotatable bonds is 4. The quantitative estimate of drug-likeness (QED) is 0.857. The predicted octanol–water partition coefficient (Wildman–Crippen LogP) is 1.05. The molecule has 0 aromatic heterocycles. The molecule has 2 aliphatic rings. The average molecular weight is 267 g/mol. The van der Waals surface area contributed by atoms with Crippen molar-refractivity contribution in [3.63, 3.8) is 0 Å². The molecule has 0 radical (unpaired) electrons. The highest BCUT2D eigenvalue weighted by Crippen LogP contribution is 2.41. The van der Waals surface area contributed by atoms with Gasteiger partial charge in [0.15, 0.2) is 6.61 Å². The second kappa shape index (κ2) is 4.78. The molecule has 4 nitrogen and oxygen atoms in total. The number of ether oxygens (including phenoxy) is 1. The van der Waals surface area contributed by atoms with Gasteiger partial charge in [-0.15, -0.1) is 0 Å². The molecule has 0 bridgehead atoms. The molecule has 2 N–H and O–H groups in total. The van der Waals surface area contributed by atoms with Crippen molar-refractivity contribution in [2.45, 2.75) is 6.04 Å². The second-order valence-corrected chi connectivity index (χ2v) is 5.26.